The fourth-order valence-electron chi connectivity index (χ4n) is 1.66. The monoisotopic (exact) mass is 249 g/mol. The second-order valence-electron chi connectivity index (χ2n) is 4.64. The van der Waals surface area contributed by atoms with Crippen LogP contribution < -0.4 is 5.32 Å². The van der Waals surface area contributed by atoms with E-state index in [2.05, 4.69) is 11.4 Å². The van der Waals surface area contributed by atoms with Crippen LogP contribution in [0.1, 0.15) is 29.2 Å². The Morgan fingerprint density at radius 3 is 2.28 bits per heavy atom. The highest BCUT2D eigenvalue weighted by Crippen LogP contribution is 2.15. The number of carbonyl (C=O) groups is 2. The van der Waals surface area contributed by atoms with E-state index in [9.17, 15) is 9.59 Å². The zero-order chi connectivity index (χ0) is 13.9. The summed E-state index contributed by atoms with van der Waals surface area (Å²) in [6, 6.07) is 4.09. The molecule has 0 heterocycles. The molecule has 4 heteroatoms. The van der Waals surface area contributed by atoms with Crippen molar-refractivity contribution in [1.29, 1.82) is 0 Å². The van der Waals surface area contributed by atoms with Crippen molar-refractivity contribution in [3.8, 4) is 0 Å². The van der Waals surface area contributed by atoms with E-state index in [0.29, 0.717) is 6.54 Å². The first kappa shape index (κ1) is 14.2. The summed E-state index contributed by atoms with van der Waals surface area (Å²) in [5.41, 5.74) is 4.49. The van der Waals surface area contributed by atoms with Gasteiger partial charge in [0.25, 0.3) is 0 Å². The number of carbonyl (C=O) groups excluding carboxylic acids is 1. The highest BCUT2D eigenvalue weighted by Gasteiger charge is 2.19. The van der Waals surface area contributed by atoms with Crippen LogP contribution in [0.4, 0.5) is 0 Å². The molecule has 0 fully saturated rings. The summed E-state index contributed by atoms with van der Waals surface area (Å²) in [5, 5.41) is 11.4. The molecule has 0 aliphatic carbocycles. The first-order chi connectivity index (χ1) is 8.32. The van der Waals surface area contributed by atoms with Gasteiger partial charge in [0.05, 0.1) is 0 Å². The number of nitrogens with one attached hydrogen (secondary N) is 1. The van der Waals surface area contributed by atoms with Gasteiger partial charge in [-0.15, -0.1) is 0 Å². The minimum atomic E-state index is -1.11. The Hall–Kier alpha value is -1.84. The van der Waals surface area contributed by atoms with Gasteiger partial charge in [-0.1, -0.05) is 12.1 Å². The van der Waals surface area contributed by atoms with Crippen molar-refractivity contribution >= 4 is 11.9 Å². The third-order valence-corrected chi connectivity index (χ3v) is 3.17. The summed E-state index contributed by atoms with van der Waals surface area (Å²) in [6.45, 7) is 7.78. The van der Waals surface area contributed by atoms with Crippen LogP contribution >= 0.6 is 0 Å². The molecular weight excluding hydrogens is 230 g/mol. The van der Waals surface area contributed by atoms with Crippen LogP contribution in [0.5, 0.6) is 0 Å². The zero-order valence-corrected chi connectivity index (χ0v) is 11.2. The molecule has 1 unspecified atom stereocenters. The molecule has 0 aliphatic heterocycles. The van der Waals surface area contributed by atoms with E-state index in [1.54, 1.807) is 0 Å². The third-order valence-electron chi connectivity index (χ3n) is 3.17. The van der Waals surface area contributed by atoms with Crippen LogP contribution in [-0.4, -0.2) is 17.0 Å². The maximum absolute atomic E-state index is 11.5. The Morgan fingerprint density at radius 1 is 1.17 bits per heavy atom. The van der Waals surface area contributed by atoms with Crippen molar-refractivity contribution in [2.45, 2.75) is 34.2 Å². The summed E-state index contributed by atoms with van der Waals surface area (Å²) < 4.78 is 0. The number of carboxylic acids is 1. The van der Waals surface area contributed by atoms with Crippen molar-refractivity contribution < 1.29 is 14.7 Å². The lowest BCUT2D eigenvalue weighted by Gasteiger charge is -2.12. The van der Waals surface area contributed by atoms with Crippen molar-refractivity contribution in [2.75, 3.05) is 0 Å². The molecule has 0 saturated heterocycles. The van der Waals surface area contributed by atoms with Gasteiger partial charge in [-0.2, -0.15) is 0 Å². The van der Waals surface area contributed by atoms with Gasteiger partial charge in [-0.05, 0) is 49.9 Å². The molecule has 1 aromatic rings. The molecule has 1 rings (SSSR count). The number of carboxylic acid groups (broad SMARTS) is 1. The van der Waals surface area contributed by atoms with E-state index in [1.807, 2.05) is 26.8 Å². The number of rotatable bonds is 4. The van der Waals surface area contributed by atoms with Gasteiger partial charge in [0.1, 0.15) is 5.92 Å². The highest BCUT2D eigenvalue weighted by atomic mass is 16.4. The minimum Gasteiger partial charge on any atom is -0.481 e. The van der Waals surface area contributed by atoms with Crippen LogP contribution in [0, 0.1) is 26.7 Å². The molecule has 0 spiro atoms. The van der Waals surface area contributed by atoms with Gasteiger partial charge in [-0.3, -0.25) is 9.59 Å². The molecule has 1 atom stereocenters. The second-order valence-corrected chi connectivity index (χ2v) is 4.64. The van der Waals surface area contributed by atoms with Crippen LogP contribution in [0.15, 0.2) is 12.1 Å². The Bertz CT molecular complexity index is 480. The standard InChI is InChI=1S/C14H19NO3/c1-8-5-10(3)12(6-9(8)2)7-15-13(16)11(4)14(17)18/h5-6,11H,7H2,1-4H3,(H,15,16)(H,17,18). The lowest BCUT2D eigenvalue weighted by Crippen LogP contribution is -2.33. The summed E-state index contributed by atoms with van der Waals surface area (Å²) in [6.07, 6.45) is 0. The topological polar surface area (TPSA) is 66.4 Å². The molecule has 18 heavy (non-hydrogen) atoms. The molecule has 2 N–H and O–H groups in total. The van der Waals surface area contributed by atoms with E-state index < -0.39 is 17.8 Å². The Morgan fingerprint density at radius 2 is 1.72 bits per heavy atom. The van der Waals surface area contributed by atoms with Crippen molar-refractivity contribution in [3.05, 3.63) is 34.4 Å². The van der Waals surface area contributed by atoms with E-state index in [-0.39, 0.29) is 0 Å². The first-order valence-electron chi connectivity index (χ1n) is 5.90. The van der Waals surface area contributed by atoms with Crippen LogP contribution in [0.2, 0.25) is 0 Å². The normalized spacial score (nSPS) is 12.0. The lowest BCUT2D eigenvalue weighted by atomic mass is 10.0. The van der Waals surface area contributed by atoms with Gasteiger partial charge in [0.15, 0.2) is 0 Å². The van der Waals surface area contributed by atoms with Crippen molar-refractivity contribution in [1.82, 2.24) is 5.32 Å². The third kappa shape index (κ3) is 3.32. The van der Waals surface area contributed by atoms with Crippen LogP contribution in [0.25, 0.3) is 0 Å². The Balaban J connectivity index is 2.72. The fraction of sp³-hybridized carbons (Fsp3) is 0.429. The summed E-state index contributed by atoms with van der Waals surface area (Å²) in [5.74, 6) is -2.58. The van der Waals surface area contributed by atoms with Gasteiger partial charge in [0, 0.05) is 6.54 Å². The fourth-order valence-corrected chi connectivity index (χ4v) is 1.66. The molecule has 1 aromatic carbocycles. The molecule has 0 aliphatic rings. The number of amides is 1. The maximum Gasteiger partial charge on any atom is 0.315 e. The average Bonchev–Trinajstić information content (AvgIpc) is 2.30. The number of benzene rings is 1. The summed E-state index contributed by atoms with van der Waals surface area (Å²) >= 11 is 0. The van der Waals surface area contributed by atoms with E-state index in [1.165, 1.54) is 12.5 Å². The molecule has 98 valence electrons. The van der Waals surface area contributed by atoms with Crippen LogP contribution in [-0.2, 0) is 16.1 Å². The van der Waals surface area contributed by atoms with Gasteiger partial charge < -0.3 is 10.4 Å². The summed E-state index contributed by atoms with van der Waals surface area (Å²) in [4.78, 5) is 22.2. The number of aliphatic carboxylic acids is 1. The predicted molar refractivity (Wildman–Crippen MR) is 69.3 cm³/mol. The highest BCUT2D eigenvalue weighted by molar-refractivity contribution is 5.96. The Kier molecular flexibility index (Phi) is 4.48. The van der Waals surface area contributed by atoms with Crippen LogP contribution in [0.3, 0.4) is 0 Å². The summed E-state index contributed by atoms with van der Waals surface area (Å²) in [7, 11) is 0. The molecule has 0 radical (unpaired) electrons. The van der Waals surface area contributed by atoms with E-state index in [4.69, 9.17) is 5.11 Å². The van der Waals surface area contributed by atoms with E-state index >= 15 is 0 Å². The van der Waals surface area contributed by atoms with Crippen molar-refractivity contribution in [2.24, 2.45) is 5.92 Å². The zero-order valence-electron chi connectivity index (χ0n) is 11.2. The quantitative estimate of drug-likeness (QED) is 0.801. The molecule has 0 saturated carbocycles. The SMILES string of the molecule is Cc1cc(C)c(CNC(=O)C(C)C(=O)O)cc1C. The van der Waals surface area contributed by atoms with Gasteiger partial charge >= 0.3 is 5.97 Å². The maximum atomic E-state index is 11.5. The predicted octanol–water partition coefficient (Wildman–Crippen LogP) is 1.95. The minimum absolute atomic E-state index is 0.364. The molecule has 0 aromatic heterocycles. The largest absolute Gasteiger partial charge is 0.481 e. The smallest absolute Gasteiger partial charge is 0.315 e. The lowest BCUT2D eigenvalue weighted by molar-refractivity contribution is -0.146. The molecule has 4 nitrogen and oxygen atoms in total. The second kappa shape index (κ2) is 5.67. The van der Waals surface area contributed by atoms with Gasteiger partial charge in [-0.25, -0.2) is 0 Å². The molecule has 0 bridgehead atoms. The molecular formula is C14H19NO3. The average molecular weight is 249 g/mol. The van der Waals surface area contributed by atoms with Gasteiger partial charge in [0.2, 0.25) is 5.91 Å². The number of aryl methyl sites for hydroxylation is 3. The number of hydrogen-bond acceptors (Lipinski definition) is 2. The first-order valence-corrected chi connectivity index (χ1v) is 5.90. The molecule has 1 amide bonds. The van der Waals surface area contributed by atoms with E-state index in [0.717, 1.165) is 16.7 Å². The number of hydrogen-bond donors (Lipinski definition) is 2. The Labute approximate surface area is 107 Å². The van der Waals surface area contributed by atoms with Crippen molar-refractivity contribution in [3.63, 3.8) is 0 Å².